The van der Waals surface area contributed by atoms with E-state index in [2.05, 4.69) is 10.3 Å². The van der Waals surface area contributed by atoms with Crippen LogP contribution in [-0.4, -0.2) is 37.1 Å². The number of hydrogen-bond acceptors (Lipinski definition) is 4. The van der Waals surface area contributed by atoms with Crippen molar-refractivity contribution in [2.75, 3.05) is 20.3 Å². The highest BCUT2D eigenvalue weighted by molar-refractivity contribution is 5.83. The number of rotatable bonds is 8. The number of hydrogen-bond donors (Lipinski definition) is 2. The van der Waals surface area contributed by atoms with Crippen molar-refractivity contribution in [3.05, 3.63) is 65.9 Å². The van der Waals surface area contributed by atoms with Crippen molar-refractivity contribution in [3.63, 3.8) is 0 Å². The number of ether oxygens (including phenoxy) is 2. The van der Waals surface area contributed by atoms with Crippen molar-refractivity contribution in [1.29, 1.82) is 0 Å². The van der Waals surface area contributed by atoms with Crippen LogP contribution in [0.4, 0.5) is 0 Å². The van der Waals surface area contributed by atoms with Crippen molar-refractivity contribution in [2.45, 2.75) is 12.8 Å². The molecule has 6 heteroatoms. The maximum absolute atomic E-state index is 11.9. The minimum Gasteiger partial charge on any atom is -0.496 e. The fraction of sp³-hybridized carbons (Fsp3) is 0.238. The summed E-state index contributed by atoms with van der Waals surface area (Å²) in [5.41, 5.74) is 2.94. The predicted molar refractivity (Wildman–Crippen MR) is 103 cm³/mol. The second kappa shape index (κ2) is 8.89. The Labute approximate surface area is 157 Å². The van der Waals surface area contributed by atoms with Gasteiger partial charge in [0.2, 0.25) is 0 Å². The third-order valence-corrected chi connectivity index (χ3v) is 4.28. The molecule has 3 aromatic rings. The number of aromatic nitrogens is 1. The number of amides is 1. The zero-order valence-corrected chi connectivity index (χ0v) is 15.2. The highest BCUT2D eigenvalue weighted by atomic mass is 16.5. The molecule has 0 saturated heterocycles. The minimum atomic E-state index is -0.466. The summed E-state index contributed by atoms with van der Waals surface area (Å²) >= 11 is 0. The van der Waals surface area contributed by atoms with Crippen LogP contribution in [0.1, 0.15) is 11.1 Å². The van der Waals surface area contributed by atoms with Crippen molar-refractivity contribution in [1.82, 2.24) is 10.3 Å². The smallest absolute Gasteiger partial charge is 0.310 e. The molecule has 1 heterocycles. The number of aromatic amines is 1. The average Bonchev–Trinajstić information content (AvgIpc) is 3.10. The number of methoxy groups -OCH3 is 1. The largest absolute Gasteiger partial charge is 0.496 e. The van der Waals surface area contributed by atoms with E-state index >= 15 is 0 Å². The second-order valence-corrected chi connectivity index (χ2v) is 6.11. The Morgan fingerprint density at radius 3 is 2.67 bits per heavy atom. The lowest BCUT2D eigenvalue weighted by molar-refractivity contribution is -0.147. The molecule has 0 unspecified atom stereocenters. The Bertz CT molecular complexity index is 933. The number of carbonyl (C=O) groups excluding carboxylic acids is 2. The normalized spacial score (nSPS) is 10.6. The van der Waals surface area contributed by atoms with Crippen LogP contribution in [0, 0.1) is 0 Å². The lowest BCUT2D eigenvalue weighted by atomic mass is 10.1. The van der Waals surface area contributed by atoms with Gasteiger partial charge in [0.1, 0.15) is 5.75 Å². The van der Waals surface area contributed by atoms with E-state index < -0.39 is 5.97 Å². The summed E-state index contributed by atoms with van der Waals surface area (Å²) in [4.78, 5) is 27.0. The van der Waals surface area contributed by atoms with E-state index in [4.69, 9.17) is 9.47 Å². The number of esters is 1. The van der Waals surface area contributed by atoms with Gasteiger partial charge in [-0.3, -0.25) is 9.59 Å². The van der Waals surface area contributed by atoms with Gasteiger partial charge in [-0.1, -0.05) is 36.4 Å². The molecular weight excluding hydrogens is 344 g/mol. The first-order valence-corrected chi connectivity index (χ1v) is 8.76. The molecule has 0 aliphatic heterocycles. The third-order valence-electron chi connectivity index (χ3n) is 4.28. The molecule has 0 aliphatic carbocycles. The van der Waals surface area contributed by atoms with E-state index in [1.165, 1.54) is 0 Å². The summed E-state index contributed by atoms with van der Waals surface area (Å²) < 4.78 is 10.3. The highest BCUT2D eigenvalue weighted by Crippen LogP contribution is 2.18. The maximum atomic E-state index is 11.9. The Morgan fingerprint density at radius 2 is 1.81 bits per heavy atom. The molecule has 27 heavy (non-hydrogen) atoms. The van der Waals surface area contributed by atoms with Crippen LogP contribution in [0.3, 0.4) is 0 Å². The molecule has 1 aromatic heterocycles. The molecule has 0 spiro atoms. The lowest BCUT2D eigenvalue weighted by Gasteiger charge is -2.09. The SMILES string of the molecule is COc1ccccc1CC(=O)OCC(=O)NCCc1c[nH]c2ccccc12. The zero-order chi connectivity index (χ0) is 19.1. The Balaban J connectivity index is 1.41. The molecule has 0 radical (unpaired) electrons. The van der Waals surface area contributed by atoms with Crippen LogP contribution in [0.25, 0.3) is 10.9 Å². The fourth-order valence-electron chi connectivity index (χ4n) is 2.93. The summed E-state index contributed by atoms with van der Waals surface area (Å²) in [6, 6.07) is 15.2. The molecule has 2 N–H and O–H groups in total. The molecule has 2 aromatic carbocycles. The first-order valence-electron chi connectivity index (χ1n) is 8.76. The zero-order valence-electron chi connectivity index (χ0n) is 15.2. The van der Waals surface area contributed by atoms with Crippen LogP contribution >= 0.6 is 0 Å². The van der Waals surface area contributed by atoms with Gasteiger partial charge in [-0.2, -0.15) is 0 Å². The number of nitrogens with one attached hydrogen (secondary N) is 2. The first kappa shape index (κ1) is 18.5. The summed E-state index contributed by atoms with van der Waals surface area (Å²) in [6.45, 7) is 0.187. The third kappa shape index (κ3) is 4.88. The number of carbonyl (C=O) groups is 2. The molecule has 0 aliphatic rings. The number of H-pyrrole nitrogens is 1. The van der Waals surface area contributed by atoms with E-state index in [-0.39, 0.29) is 18.9 Å². The van der Waals surface area contributed by atoms with Crippen LogP contribution in [-0.2, 0) is 27.2 Å². The molecular formula is C21H22N2O4. The van der Waals surface area contributed by atoms with E-state index in [1.54, 1.807) is 19.2 Å². The number of fused-ring (bicyclic) bond motifs is 1. The Hall–Kier alpha value is -3.28. The van der Waals surface area contributed by atoms with Crippen LogP contribution < -0.4 is 10.1 Å². The standard InChI is InChI=1S/C21H22N2O4/c1-26-19-9-5-2-6-15(19)12-21(25)27-14-20(24)22-11-10-16-13-23-18-8-4-3-7-17(16)18/h2-9,13,23H,10-12,14H2,1H3,(H,22,24). The minimum absolute atomic E-state index is 0.0621. The van der Waals surface area contributed by atoms with E-state index in [0.29, 0.717) is 18.7 Å². The number of para-hydroxylation sites is 2. The molecule has 6 nitrogen and oxygen atoms in total. The maximum Gasteiger partial charge on any atom is 0.310 e. The van der Waals surface area contributed by atoms with Gasteiger partial charge < -0.3 is 19.8 Å². The van der Waals surface area contributed by atoms with Crippen LogP contribution in [0.2, 0.25) is 0 Å². The lowest BCUT2D eigenvalue weighted by Crippen LogP contribution is -2.30. The van der Waals surface area contributed by atoms with E-state index in [9.17, 15) is 9.59 Å². The Kier molecular flexibility index (Phi) is 6.10. The second-order valence-electron chi connectivity index (χ2n) is 6.11. The van der Waals surface area contributed by atoms with Crippen molar-refractivity contribution in [2.24, 2.45) is 0 Å². The van der Waals surface area contributed by atoms with Gasteiger partial charge in [0.15, 0.2) is 6.61 Å². The van der Waals surface area contributed by atoms with Crippen LogP contribution in [0.15, 0.2) is 54.7 Å². The highest BCUT2D eigenvalue weighted by Gasteiger charge is 2.11. The van der Waals surface area contributed by atoms with Gasteiger partial charge in [0.25, 0.3) is 5.91 Å². The summed E-state index contributed by atoms with van der Waals surface area (Å²) in [5.74, 6) is -0.160. The molecule has 140 valence electrons. The van der Waals surface area contributed by atoms with Crippen molar-refractivity contribution in [3.8, 4) is 5.75 Å². The van der Waals surface area contributed by atoms with E-state index in [0.717, 1.165) is 22.0 Å². The molecule has 3 rings (SSSR count). The quantitative estimate of drug-likeness (QED) is 0.601. The fourth-order valence-corrected chi connectivity index (χ4v) is 2.93. The molecule has 0 bridgehead atoms. The average molecular weight is 366 g/mol. The summed E-state index contributed by atoms with van der Waals surface area (Å²) in [5, 5.41) is 3.92. The molecule has 0 saturated carbocycles. The monoisotopic (exact) mass is 366 g/mol. The van der Waals surface area contributed by atoms with Crippen molar-refractivity contribution >= 4 is 22.8 Å². The van der Waals surface area contributed by atoms with Gasteiger partial charge in [-0.05, 0) is 24.1 Å². The summed E-state index contributed by atoms with van der Waals surface area (Å²) in [7, 11) is 1.55. The van der Waals surface area contributed by atoms with Gasteiger partial charge in [-0.25, -0.2) is 0 Å². The molecule has 1 amide bonds. The topological polar surface area (TPSA) is 80.4 Å². The van der Waals surface area contributed by atoms with Gasteiger partial charge in [0, 0.05) is 29.2 Å². The molecule has 0 fully saturated rings. The van der Waals surface area contributed by atoms with Gasteiger partial charge in [0.05, 0.1) is 13.5 Å². The van der Waals surface area contributed by atoms with Crippen molar-refractivity contribution < 1.29 is 19.1 Å². The van der Waals surface area contributed by atoms with Gasteiger partial charge in [-0.15, -0.1) is 0 Å². The predicted octanol–water partition coefficient (Wildman–Crippen LogP) is 2.62. The Morgan fingerprint density at radius 1 is 1.04 bits per heavy atom. The first-order chi connectivity index (χ1) is 13.2. The molecule has 0 atom stereocenters. The number of benzene rings is 2. The van der Waals surface area contributed by atoms with Gasteiger partial charge >= 0.3 is 5.97 Å². The summed E-state index contributed by atoms with van der Waals surface area (Å²) in [6.07, 6.45) is 2.71. The van der Waals surface area contributed by atoms with Crippen LogP contribution in [0.5, 0.6) is 5.75 Å². The van der Waals surface area contributed by atoms with E-state index in [1.807, 2.05) is 42.6 Å².